The summed E-state index contributed by atoms with van der Waals surface area (Å²) in [5.41, 5.74) is 0.794. The predicted molar refractivity (Wildman–Crippen MR) is 65.6 cm³/mol. The predicted octanol–water partition coefficient (Wildman–Crippen LogP) is 3.19. The van der Waals surface area contributed by atoms with Gasteiger partial charge in [-0.25, -0.2) is 0 Å². The molecule has 0 aliphatic rings. The summed E-state index contributed by atoms with van der Waals surface area (Å²) < 4.78 is 5.04. The maximum atomic E-state index is 9.87. The van der Waals surface area contributed by atoms with Gasteiger partial charge in [0.1, 0.15) is 5.75 Å². The minimum Gasteiger partial charge on any atom is -0.495 e. The van der Waals surface area contributed by atoms with E-state index in [4.69, 9.17) is 22.8 Å². The van der Waals surface area contributed by atoms with Crippen LogP contribution >= 0.6 is 11.6 Å². The van der Waals surface area contributed by atoms with E-state index in [0.29, 0.717) is 23.6 Å². The van der Waals surface area contributed by atoms with Crippen molar-refractivity contribution < 1.29 is 9.84 Å². The first-order chi connectivity index (χ1) is 7.69. The fraction of sp³-hybridized carbons (Fsp3) is 0.385. The molecular weight excluding hydrogens is 224 g/mol. The molecule has 0 amide bonds. The molecule has 0 aromatic heterocycles. The monoisotopic (exact) mass is 238 g/mol. The normalized spacial score (nSPS) is 11.9. The molecule has 0 heterocycles. The number of ether oxygens (including phenoxy) is 1. The van der Waals surface area contributed by atoms with Gasteiger partial charge in [-0.3, -0.25) is 0 Å². The molecule has 1 aromatic rings. The van der Waals surface area contributed by atoms with Crippen LogP contribution < -0.4 is 4.74 Å². The van der Waals surface area contributed by atoms with E-state index in [1.165, 1.54) is 0 Å². The van der Waals surface area contributed by atoms with Crippen LogP contribution in [0.4, 0.5) is 0 Å². The van der Waals surface area contributed by atoms with E-state index in [0.717, 1.165) is 12.0 Å². The van der Waals surface area contributed by atoms with Crippen LogP contribution in [0.2, 0.25) is 5.02 Å². The summed E-state index contributed by atoms with van der Waals surface area (Å²) in [7, 11) is 1.56. The molecule has 1 aromatic carbocycles. The molecule has 1 unspecified atom stereocenters. The van der Waals surface area contributed by atoms with Crippen molar-refractivity contribution in [3.63, 3.8) is 0 Å². The highest BCUT2D eigenvalue weighted by molar-refractivity contribution is 6.32. The molecule has 86 valence electrons. The number of hydrogen-bond acceptors (Lipinski definition) is 2. The van der Waals surface area contributed by atoms with Crippen molar-refractivity contribution >= 4 is 11.6 Å². The number of rotatable bonds is 5. The summed E-state index contributed by atoms with van der Waals surface area (Å²) >= 11 is 5.97. The van der Waals surface area contributed by atoms with Crippen molar-refractivity contribution in [1.82, 2.24) is 0 Å². The van der Waals surface area contributed by atoms with Gasteiger partial charge in [0, 0.05) is 6.42 Å². The summed E-state index contributed by atoms with van der Waals surface area (Å²) in [6, 6.07) is 5.29. The Morgan fingerprint density at radius 1 is 1.56 bits per heavy atom. The zero-order valence-electron chi connectivity index (χ0n) is 9.24. The van der Waals surface area contributed by atoms with E-state index in [1.54, 1.807) is 19.2 Å². The summed E-state index contributed by atoms with van der Waals surface area (Å²) in [6.07, 6.45) is 6.76. The lowest BCUT2D eigenvalue weighted by Gasteiger charge is -2.11. The second kappa shape index (κ2) is 6.42. The van der Waals surface area contributed by atoms with Crippen LogP contribution in [0, 0.1) is 12.3 Å². The molecule has 1 atom stereocenters. The van der Waals surface area contributed by atoms with Crippen molar-refractivity contribution in [3.05, 3.63) is 28.8 Å². The van der Waals surface area contributed by atoms with Gasteiger partial charge in [0.2, 0.25) is 0 Å². The number of terminal acetylenes is 1. The molecule has 1 N–H and O–H groups in total. The Bertz CT molecular complexity index is 382. The Hall–Kier alpha value is -1.17. The third-order valence-electron chi connectivity index (χ3n) is 2.36. The van der Waals surface area contributed by atoms with Crippen LogP contribution in [0.25, 0.3) is 0 Å². The van der Waals surface area contributed by atoms with Crippen LogP contribution in [-0.2, 0) is 0 Å². The average Bonchev–Trinajstić information content (AvgIpc) is 2.29. The number of methoxy groups -OCH3 is 1. The topological polar surface area (TPSA) is 29.5 Å². The van der Waals surface area contributed by atoms with E-state index >= 15 is 0 Å². The molecular formula is C13H15ClO2. The average molecular weight is 239 g/mol. The highest BCUT2D eigenvalue weighted by Gasteiger charge is 2.09. The molecule has 0 aliphatic heterocycles. The van der Waals surface area contributed by atoms with E-state index in [-0.39, 0.29) is 0 Å². The SMILES string of the molecule is C#CCCCC(O)c1ccc(OC)c(Cl)c1. The number of halogens is 1. The minimum atomic E-state index is -0.517. The van der Waals surface area contributed by atoms with Gasteiger partial charge in [-0.2, -0.15) is 0 Å². The molecule has 1 rings (SSSR count). The maximum Gasteiger partial charge on any atom is 0.137 e. The van der Waals surface area contributed by atoms with Crippen LogP contribution in [-0.4, -0.2) is 12.2 Å². The second-order valence-electron chi connectivity index (χ2n) is 3.51. The summed E-state index contributed by atoms with van der Waals surface area (Å²) in [6.45, 7) is 0. The van der Waals surface area contributed by atoms with Crippen molar-refractivity contribution in [1.29, 1.82) is 0 Å². The van der Waals surface area contributed by atoms with Crippen LogP contribution in [0.1, 0.15) is 30.9 Å². The number of benzene rings is 1. The first kappa shape index (κ1) is 12.9. The third-order valence-corrected chi connectivity index (χ3v) is 2.65. The molecule has 0 radical (unpaired) electrons. The smallest absolute Gasteiger partial charge is 0.137 e. The van der Waals surface area contributed by atoms with E-state index < -0.39 is 6.10 Å². The molecule has 0 saturated carbocycles. The zero-order chi connectivity index (χ0) is 12.0. The fourth-order valence-electron chi connectivity index (χ4n) is 1.45. The quantitative estimate of drug-likeness (QED) is 0.631. The molecule has 0 saturated heterocycles. The fourth-order valence-corrected chi connectivity index (χ4v) is 1.72. The van der Waals surface area contributed by atoms with Gasteiger partial charge >= 0.3 is 0 Å². The summed E-state index contributed by atoms with van der Waals surface area (Å²) in [5.74, 6) is 3.16. The zero-order valence-corrected chi connectivity index (χ0v) is 10.00. The number of aliphatic hydroxyl groups is 1. The lowest BCUT2D eigenvalue weighted by atomic mass is 10.0. The lowest BCUT2D eigenvalue weighted by molar-refractivity contribution is 0.165. The minimum absolute atomic E-state index is 0.510. The van der Waals surface area contributed by atoms with Gasteiger partial charge in [0.25, 0.3) is 0 Å². The van der Waals surface area contributed by atoms with Crippen molar-refractivity contribution in [2.75, 3.05) is 7.11 Å². The summed E-state index contributed by atoms with van der Waals surface area (Å²) in [5, 5.41) is 10.4. The highest BCUT2D eigenvalue weighted by atomic mass is 35.5. The Labute approximate surface area is 101 Å². The van der Waals surface area contributed by atoms with E-state index in [2.05, 4.69) is 5.92 Å². The molecule has 2 nitrogen and oxygen atoms in total. The van der Waals surface area contributed by atoms with Gasteiger partial charge < -0.3 is 9.84 Å². The maximum absolute atomic E-state index is 9.87. The molecule has 0 aliphatic carbocycles. The number of aliphatic hydroxyl groups excluding tert-OH is 1. The van der Waals surface area contributed by atoms with E-state index in [9.17, 15) is 5.11 Å². The van der Waals surface area contributed by atoms with Gasteiger partial charge in [-0.05, 0) is 30.5 Å². The highest BCUT2D eigenvalue weighted by Crippen LogP contribution is 2.29. The van der Waals surface area contributed by atoms with Gasteiger partial charge in [-0.1, -0.05) is 17.7 Å². The van der Waals surface area contributed by atoms with Crippen LogP contribution in [0.5, 0.6) is 5.75 Å². The van der Waals surface area contributed by atoms with Gasteiger partial charge in [-0.15, -0.1) is 12.3 Å². The molecule has 0 bridgehead atoms. The van der Waals surface area contributed by atoms with Crippen LogP contribution in [0.3, 0.4) is 0 Å². The summed E-state index contributed by atoms with van der Waals surface area (Å²) in [4.78, 5) is 0. The van der Waals surface area contributed by atoms with Crippen molar-refractivity contribution in [2.24, 2.45) is 0 Å². The Balaban J connectivity index is 2.66. The second-order valence-corrected chi connectivity index (χ2v) is 3.91. The van der Waals surface area contributed by atoms with Crippen molar-refractivity contribution in [3.8, 4) is 18.1 Å². The Morgan fingerprint density at radius 3 is 2.88 bits per heavy atom. The first-order valence-electron chi connectivity index (χ1n) is 5.14. The molecule has 0 spiro atoms. The standard InChI is InChI=1S/C13H15ClO2/c1-3-4-5-6-12(15)10-7-8-13(16-2)11(14)9-10/h1,7-9,12,15H,4-6H2,2H3. The largest absolute Gasteiger partial charge is 0.495 e. The Kier molecular flexibility index (Phi) is 5.18. The Morgan fingerprint density at radius 2 is 2.31 bits per heavy atom. The first-order valence-corrected chi connectivity index (χ1v) is 5.51. The van der Waals surface area contributed by atoms with Gasteiger partial charge in [0.15, 0.2) is 0 Å². The van der Waals surface area contributed by atoms with E-state index in [1.807, 2.05) is 6.07 Å². The van der Waals surface area contributed by atoms with Gasteiger partial charge in [0.05, 0.1) is 18.2 Å². The molecule has 16 heavy (non-hydrogen) atoms. The third kappa shape index (κ3) is 3.44. The number of unbranched alkanes of at least 4 members (excludes halogenated alkanes) is 1. The lowest BCUT2D eigenvalue weighted by Crippen LogP contribution is -1.97. The molecule has 0 fully saturated rings. The molecule has 3 heteroatoms. The number of hydrogen-bond donors (Lipinski definition) is 1. The van der Waals surface area contributed by atoms with Crippen molar-refractivity contribution in [2.45, 2.75) is 25.4 Å². The van der Waals surface area contributed by atoms with Crippen LogP contribution in [0.15, 0.2) is 18.2 Å².